The van der Waals surface area contributed by atoms with Gasteiger partial charge in [-0.2, -0.15) is 18.3 Å². The molecule has 0 saturated carbocycles. The Morgan fingerprint density at radius 1 is 1.00 bits per heavy atom. The largest absolute Gasteiger partial charge is 0.435 e. The van der Waals surface area contributed by atoms with Gasteiger partial charge >= 0.3 is 6.18 Å². The molecule has 0 aliphatic heterocycles. The maximum atomic E-state index is 13.1. The highest BCUT2D eigenvalue weighted by Gasteiger charge is 2.35. The molecule has 0 amide bonds. The van der Waals surface area contributed by atoms with Gasteiger partial charge in [-0.25, -0.2) is 4.68 Å². The van der Waals surface area contributed by atoms with Crippen molar-refractivity contribution in [2.75, 3.05) is 0 Å². The maximum Gasteiger partial charge on any atom is 0.435 e. The van der Waals surface area contributed by atoms with Crippen LogP contribution < -0.4 is 0 Å². The minimum absolute atomic E-state index is 0.355. The van der Waals surface area contributed by atoms with Crippen molar-refractivity contribution in [3.05, 3.63) is 65.9 Å². The number of para-hydroxylation sites is 1. The molecule has 1 heterocycles. The lowest BCUT2D eigenvalue weighted by Crippen LogP contribution is -2.07. The first-order valence-electron chi connectivity index (χ1n) is 6.89. The lowest BCUT2D eigenvalue weighted by atomic mass is 10.1. The first kappa shape index (κ1) is 15.7. The highest BCUT2D eigenvalue weighted by molar-refractivity contribution is 7.80. The van der Waals surface area contributed by atoms with Crippen LogP contribution in [0.2, 0.25) is 0 Å². The molecule has 0 atom stereocenters. The Labute approximate surface area is 137 Å². The molecule has 0 unspecified atom stereocenters. The molecule has 0 spiro atoms. The van der Waals surface area contributed by atoms with Crippen LogP contribution in [0.3, 0.4) is 0 Å². The smallest absolute Gasteiger partial charge is 0.232 e. The fourth-order valence-corrected chi connectivity index (χ4v) is 2.73. The van der Waals surface area contributed by atoms with Gasteiger partial charge in [-0.15, -0.1) is 12.6 Å². The number of thiol groups is 1. The minimum atomic E-state index is -4.50. The summed E-state index contributed by atoms with van der Waals surface area (Å²) in [5.74, 6) is 0. The summed E-state index contributed by atoms with van der Waals surface area (Å²) in [6, 6.07) is 15.2. The zero-order valence-electron chi connectivity index (χ0n) is 12.2. The predicted molar refractivity (Wildman–Crippen MR) is 86.0 cm³/mol. The molecule has 0 fully saturated rings. The Hall–Kier alpha value is -2.21. The number of halogens is 3. The topological polar surface area (TPSA) is 17.8 Å². The SMILES string of the molecule is Cc1ccc(-c2cc(C(F)(F)F)nn2-c2ccccc2)c(S)c1. The van der Waals surface area contributed by atoms with E-state index in [2.05, 4.69) is 17.7 Å². The highest BCUT2D eigenvalue weighted by Crippen LogP contribution is 2.35. The summed E-state index contributed by atoms with van der Waals surface area (Å²) >= 11 is 4.40. The van der Waals surface area contributed by atoms with Gasteiger partial charge in [0.2, 0.25) is 0 Å². The first-order valence-corrected chi connectivity index (χ1v) is 7.33. The molecule has 6 heteroatoms. The van der Waals surface area contributed by atoms with Crippen molar-refractivity contribution in [3.63, 3.8) is 0 Å². The number of aromatic nitrogens is 2. The molecule has 0 N–H and O–H groups in total. The molecular weight excluding hydrogens is 321 g/mol. The molecule has 0 aliphatic rings. The van der Waals surface area contributed by atoms with E-state index in [9.17, 15) is 13.2 Å². The van der Waals surface area contributed by atoms with Gasteiger partial charge in [-0.05, 0) is 36.8 Å². The number of alkyl halides is 3. The minimum Gasteiger partial charge on any atom is -0.232 e. The molecule has 118 valence electrons. The molecule has 2 aromatic carbocycles. The molecule has 2 nitrogen and oxygen atoms in total. The number of rotatable bonds is 2. The van der Waals surface area contributed by atoms with E-state index in [0.717, 1.165) is 11.6 Å². The van der Waals surface area contributed by atoms with Gasteiger partial charge in [0.25, 0.3) is 0 Å². The standard InChI is InChI=1S/C17H13F3N2S/c1-11-7-8-13(15(23)9-11)14-10-16(17(18,19)20)21-22(14)12-5-3-2-4-6-12/h2-10,23H,1H3. The molecule has 3 aromatic rings. The molecule has 23 heavy (non-hydrogen) atoms. The quantitative estimate of drug-likeness (QED) is 0.641. The van der Waals surface area contributed by atoms with Crippen LogP contribution in [0.25, 0.3) is 16.9 Å². The van der Waals surface area contributed by atoms with Crippen molar-refractivity contribution in [2.24, 2.45) is 0 Å². The zero-order chi connectivity index (χ0) is 16.6. The van der Waals surface area contributed by atoms with Gasteiger partial charge in [0.1, 0.15) is 0 Å². The molecule has 0 saturated heterocycles. The van der Waals surface area contributed by atoms with Gasteiger partial charge in [0.05, 0.1) is 11.4 Å². The van der Waals surface area contributed by atoms with Gasteiger partial charge in [-0.3, -0.25) is 0 Å². The summed E-state index contributed by atoms with van der Waals surface area (Å²) in [4.78, 5) is 0.607. The van der Waals surface area contributed by atoms with E-state index in [-0.39, 0.29) is 0 Å². The average Bonchev–Trinajstić information content (AvgIpc) is 2.93. The van der Waals surface area contributed by atoms with Gasteiger partial charge in [0.15, 0.2) is 5.69 Å². The summed E-state index contributed by atoms with van der Waals surface area (Å²) in [6.07, 6.45) is -4.50. The lowest BCUT2D eigenvalue weighted by Gasteiger charge is -2.10. The second-order valence-corrected chi connectivity index (χ2v) is 5.66. The Morgan fingerprint density at radius 2 is 1.70 bits per heavy atom. The van der Waals surface area contributed by atoms with Crippen molar-refractivity contribution < 1.29 is 13.2 Å². The first-order chi connectivity index (χ1) is 10.9. The molecule has 3 rings (SSSR count). The summed E-state index contributed by atoms with van der Waals surface area (Å²) in [5.41, 5.74) is 1.58. The van der Waals surface area contributed by atoms with Crippen LogP contribution in [0.5, 0.6) is 0 Å². The van der Waals surface area contributed by atoms with Gasteiger partial charge in [0, 0.05) is 10.5 Å². The van der Waals surface area contributed by atoms with E-state index in [0.29, 0.717) is 21.8 Å². The molecular formula is C17H13F3N2S. The summed E-state index contributed by atoms with van der Waals surface area (Å²) in [6.45, 7) is 1.90. The van der Waals surface area contributed by atoms with Crippen LogP contribution in [0.15, 0.2) is 59.5 Å². The van der Waals surface area contributed by atoms with Crippen molar-refractivity contribution >= 4 is 12.6 Å². The molecule has 1 aromatic heterocycles. The van der Waals surface area contributed by atoms with Gasteiger partial charge < -0.3 is 0 Å². The van der Waals surface area contributed by atoms with Crippen LogP contribution in [0.4, 0.5) is 13.2 Å². The number of benzene rings is 2. The number of hydrogen-bond donors (Lipinski definition) is 1. The van der Waals surface area contributed by atoms with Crippen molar-refractivity contribution in [2.45, 2.75) is 18.0 Å². The van der Waals surface area contributed by atoms with E-state index < -0.39 is 11.9 Å². The van der Waals surface area contributed by atoms with Crippen molar-refractivity contribution in [1.82, 2.24) is 9.78 Å². The van der Waals surface area contributed by atoms with Crippen molar-refractivity contribution in [3.8, 4) is 16.9 Å². The third-order valence-corrected chi connectivity index (χ3v) is 3.80. The summed E-state index contributed by atoms with van der Waals surface area (Å²) < 4.78 is 40.5. The van der Waals surface area contributed by atoms with Crippen LogP contribution in [-0.4, -0.2) is 9.78 Å². The van der Waals surface area contributed by atoms with Crippen LogP contribution >= 0.6 is 12.6 Å². The average molecular weight is 334 g/mol. The zero-order valence-corrected chi connectivity index (χ0v) is 13.1. The number of nitrogens with zero attached hydrogens (tertiary/aromatic N) is 2. The summed E-state index contributed by atoms with van der Waals surface area (Å²) in [5, 5.41) is 3.75. The fourth-order valence-electron chi connectivity index (χ4n) is 2.34. The van der Waals surface area contributed by atoms with Crippen LogP contribution in [0, 0.1) is 6.92 Å². The Kier molecular flexibility index (Phi) is 3.93. The fraction of sp³-hybridized carbons (Fsp3) is 0.118. The molecule has 0 bridgehead atoms. The van der Waals surface area contributed by atoms with E-state index in [1.165, 1.54) is 4.68 Å². The monoisotopic (exact) mass is 334 g/mol. The Bertz CT molecular complexity index is 839. The lowest BCUT2D eigenvalue weighted by molar-refractivity contribution is -0.141. The van der Waals surface area contributed by atoms with Gasteiger partial charge in [-0.1, -0.05) is 30.3 Å². The molecule has 0 aliphatic carbocycles. The van der Waals surface area contributed by atoms with Crippen LogP contribution in [-0.2, 0) is 6.18 Å². The van der Waals surface area contributed by atoms with E-state index in [1.807, 2.05) is 19.1 Å². The van der Waals surface area contributed by atoms with E-state index in [4.69, 9.17) is 0 Å². The second kappa shape index (κ2) is 5.77. The third kappa shape index (κ3) is 3.12. The normalized spacial score (nSPS) is 11.7. The second-order valence-electron chi connectivity index (χ2n) is 5.18. The number of hydrogen-bond acceptors (Lipinski definition) is 2. The molecule has 0 radical (unpaired) electrons. The summed E-state index contributed by atoms with van der Waals surface area (Å²) in [7, 11) is 0. The van der Waals surface area contributed by atoms with Crippen molar-refractivity contribution in [1.29, 1.82) is 0 Å². The van der Waals surface area contributed by atoms with Crippen LogP contribution in [0.1, 0.15) is 11.3 Å². The maximum absolute atomic E-state index is 13.1. The predicted octanol–water partition coefficient (Wildman–Crippen LogP) is 5.16. The van der Waals surface area contributed by atoms with E-state index >= 15 is 0 Å². The van der Waals surface area contributed by atoms with E-state index in [1.54, 1.807) is 36.4 Å². The highest BCUT2D eigenvalue weighted by atomic mass is 32.1. The Morgan fingerprint density at radius 3 is 2.30 bits per heavy atom. The third-order valence-electron chi connectivity index (χ3n) is 3.43. The number of aryl methyl sites for hydroxylation is 1. The Balaban J connectivity index is 2.24.